The molecule has 0 spiro atoms. The summed E-state index contributed by atoms with van der Waals surface area (Å²) in [7, 11) is -9.76. The average molecular weight is 424 g/mol. The van der Waals surface area contributed by atoms with E-state index < -0.39 is 27.0 Å². The minimum absolute atomic E-state index is 0.402. The van der Waals surface area contributed by atoms with Crippen LogP contribution in [-0.4, -0.2) is 25.0 Å². The van der Waals surface area contributed by atoms with Crippen LogP contribution in [0.2, 0.25) is 0 Å². The Hall–Kier alpha value is 0.480. The zero-order valence-corrected chi connectivity index (χ0v) is 13.7. The zero-order chi connectivity index (χ0) is 14.1. The third-order valence-electron chi connectivity index (χ3n) is 2.18. The minimum atomic E-state index is -4.88. The maximum absolute atomic E-state index is 11.1. The van der Waals surface area contributed by atoms with Crippen LogP contribution >= 0.6 is 47.1 Å². The zero-order valence-electron chi connectivity index (χ0n) is 8.77. The molecule has 0 saturated heterocycles. The molecule has 0 radical (unpaired) electrons. The third-order valence-corrected chi connectivity index (χ3v) is 7.78. The van der Waals surface area contributed by atoms with Gasteiger partial charge in [0.25, 0.3) is 0 Å². The lowest BCUT2D eigenvalue weighted by Gasteiger charge is -2.19. The summed E-state index contributed by atoms with van der Waals surface area (Å²) in [6, 6.07) is 4.70. The van der Waals surface area contributed by atoms with Crippen LogP contribution < -0.4 is 0 Å². The Kier molecular flexibility index (Phi) is 5.38. The smallest absolute Gasteiger partial charge is 0.324 e. The Morgan fingerprint density at radius 3 is 1.89 bits per heavy atom. The summed E-state index contributed by atoms with van der Waals surface area (Å²) < 4.78 is 23.6. The molecule has 1 aromatic carbocycles. The van der Waals surface area contributed by atoms with E-state index in [1.54, 1.807) is 12.1 Å². The molecule has 0 heterocycles. The van der Waals surface area contributed by atoms with Crippen LogP contribution in [0.4, 0.5) is 0 Å². The first kappa shape index (κ1) is 16.5. The number of rotatable bonds is 4. The molecule has 0 aliphatic carbocycles. The van der Waals surface area contributed by atoms with E-state index in [9.17, 15) is 9.13 Å². The molecule has 0 unspecified atom stereocenters. The lowest BCUT2D eigenvalue weighted by molar-refractivity contribution is 0.338. The van der Waals surface area contributed by atoms with E-state index in [0.29, 0.717) is 10.0 Å². The van der Waals surface area contributed by atoms with Gasteiger partial charge >= 0.3 is 15.2 Å². The predicted molar refractivity (Wildman–Crippen MR) is 73.4 cm³/mol. The standard InChI is InChI=1S/C8H10Br2O6P2/c9-6-2-1-5(3-7(6)10)4-8(17(11,12)13)18(14,15)16/h1-3,8H,4H2,(H2,11,12,13)(H2,14,15,16). The average Bonchev–Trinajstić information content (AvgIpc) is 2.16. The van der Waals surface area contributed by atoms with Crippen LogP contribution in [0, 0.1) is 0 Å². The molecule has 0 fully saturated rings. The van der Waals surface area contributed by atoms with Gasteiger partial charge in [0.15, 0.2) is 5.40 Å². The SMILES string of the molecule is O=P(O)(O)C(Cc1ccc(Br)c(Br)c1)P(=O)(O)O. The molecule has 0 atom stereocenters. The fraction of sp³-hybridized carbons (Fsp3) is 0.250. The molecule has 6 nitrogen and oxygen atoms in total. The quantitative estimate of drug-likeness (QED) is 0.553. The summed E-state index contributed by atoms with van der Waals surface area (Å²) in [4.78, 5) is 36.0. The molecule has 0 aliphatic heterocycles. The Morgan fingerprint density at radius 1 is 1.00 bits per heavy atom. The van der Waals surface area contributed by atoms with Gasteiger partial charge in [0.2, 0.25) is 0 Å². The summed E-state index contributed by atoms with van der Waals surface area (Å²) in [6.45, 7) is 0. The summed E-state index contributed by atoms with van der Waals surface area (Å²) in [5.41, 5.74) is 0.418. The molecule has 0 bridgehead atoms. The van der Waals surface area contributed by atoms with Crippen molar-refractivity contribution in [1.82, 2.24) is 0 Å². The molecule has 0 saturated carbocycles. The van der Waals surface area contributed by atoms with Gasteiger partial charge in [-0.2, -0.15) is 0 Å². The van der Waals surface area contributed by atoms with Crippen molar-refractivity contribution in [3.63, 3.8) is 0 Å². The first-order chi connectivity index (χ1) is 8.01. The Morgan fingerprint density at radius 2 is 1.50 bits per heavy atom. The van der Waals surface area contributed by atoms with Gasteiger partial charge in [-0.05, 0) is 56.0 Å². The molecule has 0 amide bonds. The minimum Gasteiger partial charge on any atom is -0.324 e. The monoisotopic (exact) mass is 422 g/mol. The van der Waals surface area contributed by atoms with Crippen LogP contribution in [0.25, 0.3) is 0 Å². The second-order valence-electron chi connectivity index (χ2n) is 3.61. The molecule has 18 heavy (non-hydrogen) atoms. The van der Waals surface area contributed by atoms with Crippen molar-refractivity contribution in [1.29, 1.82) is 0 Å². The summed E-state index contributed by atoms with van der Waals surface area (Å²) in [5, 5.41) is -2.02. The fourth-order valence-corrected chi connectivity index (χ4v) is 4.45. The van der Waals surface area contributed by atoms with Crippen molar-refractivity contribution >= 4 is 47.1 Å². The van der Waals surface area contributed by atoms with E-state index in [1.165, 1.54) is 6.07 Å². The van der Waals surface area contributed by atoms with Gasteiger partial charge in [-0.15, -0.1) is 0 Å². The summed E-state index contributed by atoms with van der Waals surface area (Å²) in [6.07, 6.45) is -0.402. The van der Waals surface area contributed by atoms with Gasteiger partial charge in [0.1, 0.15) is 0 Å². The van der Waals surface area contributed by atoms with Crippen LogP contribution in [0.3, 0.4) is 0 Å². The number of benzene rings is 1. The first-order valence-electron chi connectivity index (χ1n) is 4.56. The molecule has 4 N–H and O–H groups in total. The van der Waals surface area contributed by atoms with Crippen molar-refractivity contribution in [2.45, 2.75) is 11.8 Å². The molecule has 102 valence electrons. The van der Waals surface area contributed by atoms with Gasteiger partial charge in [0.05, 0.1) is 0 Å². The first-order valence-corrected chi connectivity index (χ1v) is 9.51. The van der Waals surface area contributed by atoms with Gasteiger partial charge in [-0.25, -0.2) is 0 Å². The van der Waals surface area contributed by atoms with E-state index in [0.717, 1.165) is 4.47 Å². The van der Waals surface area contributed by atoms with Crippen molar-refractivity contribution in [3.8, 4) is 0 Å². The molecular formula is C8H10Br2O6P2. The highest BCUT2D eigenvalue weighted by atomic mass is 79.9. The second-order valence-corrected chi connectivity index (χ2v) is 9.33. The van der Waals surface area contributed by atoms with Crippen molar-refractivity contribution in [2.75, 3.05) is 0 Å². The Labute approximate surface area is 120 Å². The lowest BCUT2D eigenvalue weighted by Crippen LogP contribution is -2.12. The van der Waals surface area contributed by atoms with E-state index in [1.807, 2.05) is 0 Å². The predicted octanol–water partition coefficient (Wildman–Crippen LogP) is 2.44. The second kappa shape index (κ2) is 5.85. The van der Waals surface area contributed by atoms with Crippen molar-refractivity contribution in [3.05, 3.63) is 32.7 Å². The van der Waals surface area contributed by atoms with E-state index in [2.05, 4.69) is 31.9 Å². The van der Waals surface area contributed by atoms with Crippen molar-refractivity contribution in [2.24, 2.45) is 0 Å². The highest BCUT2D eigenvalue weighted by molar-refractivity contribution is 9.13. The molecule has 1 rings (SSSR count). The van der Waals surface area contributed by atoms with Crippen LogP contribution in [-0.2, 0) is 15.6 Å². The normalized spacial score (nSPS) is 13.1. The maximum Gasteiger partial charge on any atom is 0.341 e. The highest BCUT2D eigenvalue weighted by Crippen LogP contribution is 2.60. The van der Waals surface area contributed by atoms with Gasteiger partial charge in [-0.1, -0.05) is 6.07 Å². The van der Waals surface area contributed by atoms with E-state index in [4.69, 9.17) is 19.6 Å². The van der Waals surface area contributed by atoms with Gasteiger partial charge < -0.3 is 19.6 Å². The Bertz CT molecular complexity index is 514. The van der Waals surface area contributed by atoms with Crippen LogP contribution in [0.1, 0.15) is 5.56 Å². The van der Waals surface area contributed by atoms with Crippen LogP contribution in [0.5, 0.6) is 0 Å². The molecule has 1 aromatic rings. The van der Waals surface area contributed by atoms with Crippen molar-refractivity contribution < 1.29 is 28.7 Å². The molecule has 0 aromatic heterocycles. The van der Waals surface area contributed by atoms with Gasteiger partial charge in [-0.3, -0.25) is 9.13 Å². The maximum atomic E-state index is 11.1. The molecule has 0 aliphatic rings. The fourth-order valence-electron chi connectivity index (χ4n) is 1.31. The van der Waals surface area contributed by atoms with Crippen LogP contribution in [0.15, 0.2) is 27.1 Å². The number of halogens is 2. The molecule has 10 heteroatoms. The number of hydrogen-bond donors (Lipinski definition) is 4. The third kappa shape index (κ3) is 4.54. The largest absolute Gasteiger partial charge is 0.341 e. The van der Waals surface area contributed by atoms with E-state index in [-0.39, 0.29) is 0 Å². The lowest BCUT2D eigenvalue weighted by atomic mass is 10.2. The summed E-state index contributed by atoms with van der Waals surface area (Å²) >= 11 is 6.42. The summed E-state index contributed by atoms with van der Waals surface area (Å²) in [5.74, 6) is 0. The topological polar surface area (TPSA) is 115 Å². The molecular weight excluding hydrogens is 414 g/mol. The highest BCUT2D eigenvalue weighted by Gasteiger charge is 2.43. The van der Waals surface area contributed by atoms with E-state index >= 15 is 0 Å². The van der Waals surface area contributed by atoms with Gasteiger partial charge in [0, 0.05) is 8.95 Å². The Balaban J connectivity index is 3.09. The number of hydrogen-bond acceptors (Lipinski definition) is 2.